The predicted octanol–water partition coefficient (Wildman–Crippen LogP) is 5.28. The average molecular weight is 539 g/mol. The van der Waals surface area contributed by atoms with Crippen LogP contribution in [-0.2, 0) is 14.3 Å². The second kappa shape index (κ2) is 8.15. The molecule has 0 spiro atoms. The smallest absolute Gasteiger partial charge is 0.249 e. The lowest BCUT2D eigenvalue weighted by molar-refractivity contribution is -0.173. The topological polar surface area (TPSA) is 100 Å². The van der Waals surface area contributed by atoms with Crippen LogP contribution in [0.2, 0.25) is 0 Å². The zero-order valence-electron chi connectivity index (χ0n) is 24.7. The summed E-state index contributed by atoms with van der Waals surface area (Å²) >= 11 is 0. The van der Waals surface area contributed by atoms with Crippen molar-refractivity contribution in [2.75, 3.05) is 20.3 Å². The maximum absolute atomic E-state index is 12.8. The summed E-state index contributed by atoms with van der Waals surface area (Å²) in [6, 6.07) is 0. The first kappa shape index (κ1) is 27.4. The molecule has 0 radical (unpaired) electrons. The van der Waals surface area contributed by atoms with Crippen LogP contribution in [0.3, 0.4) is 0 Å². The fraction of sp³-hybridized carbons (Fsp3) is 0.750. The fourth-order valence-corrected chi connectivity index (χ4v) is 10.0. The summed E-state index contributed by atoms with van der Waals surface area (Å²) in [5, 5.41) is 21.3. The molecule has 3 saturated carbocycles. The van der Waals surface area contributed by atoms with Crippen LogP contribution < -0.4 is 5.48 Å². The number of methoxy groups -OCH3 is 1. The van der Waals surface area contributed by atoms with Crippen molar-refractivity contribution in [3.8, 4) is 0 Å². The molecule has 8 atom stereocenters. The first-order chi connectivity index (χ1) is 18.2. The number of fused-ring (bicyclic) bond motifs is 8. The van der Waals surface area contributed by atoms with Gasteiger partial charge in [0.05, 0.1) is 13.2 Å². The lowest BCUT2D eigenvalue weighted by Gasteiger charge is -2.70. The standard InChI is InChI=1S/C32H46N2O5/c1-26-10-11-27(2,25(35)34-37)19-23(26)30(5)15-13-28(3)21-18-32(36)24(33-16-17-39-32)31(6,38-7)20(21)8-9-22(28)29(30,4)14-12-26/h8-9,18,23,36-37H,10-17,19H2,1-7H3,(H,34,35)/t23-,26-,27-,28+,29-,30+,31?,32?/m1/s1. The molecule has 0 aromatic carbocycles. The van der Waals surface area contributed by atoms with Crippen LogP contribution >= 0.6 is 0 Å². The highest BCUT2D eigenvalue weighted by atomic mass is 16.6. The third kappa shape index (κ3) is 3.25. The largest absolute Gasteiger partial charge is 0.368 e. The first-order valence-electron chi connectivity index (χ1n) is 14.7. The summed E-state index contributed by atoms with van der Waals surface area (Å²) in [6.07, 6.45) is 13.2. The van der Waals surface area contributed by atoms with E-state index in [1.807, 2.05) is 25.4 Å². The van der Waals surface area contributed by atoms with Crippen molar-refractivity contribution >= 4 is 11.6 Å². The number of aliphatic imine (C=N–C) groups is 1. The van der Waals surface area contributed by atoms with Crippen LogP contribution in [0.5, 0.6) is 0 Å². The van der Waals surface area contributed by atoms with Crippen LogP contribution in [0.4, 0.5) is 0 Å². The molecule has 39 heavy (non-hydrogen) atoms. The van der Waals surface area contributed by atoms with Gasteiger partial charge < -0.3 is 14.6 Å². The van der Waals surface area contributed by atoms with Gasteiger partial charge in [0, 0.05) is 17.9 Å². The van der Waals surface area contributed by atoms with E-state index in [0.29, 0.717) is 24.8 Å². The summed E-state index contributed by atoms with van der Waals surface area (Å²) in [6.45, 7) is 14.6. The molecule has 6 aliphatic rings. The van der Waals surface area contributed by atoms with Gasteiger partial charge in [-0.15, -0.1) is 0 Å². The normalized spacial score (nSPS) is 50.4. The highest BCUT2D eigenvalue weighted by Crippen LogP contribution is 2.75. The number of ether oxygens (including phenoxy) is 2. The van der Waals surface area contributed by atoms with Crippen molar-refractivity contribution in [1.29, 1.82) is 0 Å². The molecule has 5 aliphatic carbocycles. The van der Waals surface area contributed by atoms with Gasteiger partial charge in [-0.3, -0.25) is 15.0 Å². The van der Waals surface area contributed by atoms with Gasteiger partial charge in [0.25, 0.3) is 0 Å². The zero-order valence-corrected chi connectivity index (χ0v) is 24.7. The number of hydrogen-bond acceptors (Lipinski definition) is 6. The minimum Gasteiger partial charge on any atom is -0.368 e. The molecule has 0 bridgehead atoms. The summed E-state index contributed by atoms with van der Waals surface area (Å²) < 4.78 is 12.1. The van der Waals surface area contributed by atoms with Gasteiger partial charge in [-0.1, -0.05) is 52.3 Å². The molecule has 1 amide bonds. The van der Waals surface area contributed by atoms with Gasteiger partial charge in [-0.25, -0.2) is 5.48 Å². The number of rotatable bonds is 2. The van der Waals surface area contributed by atoms with E-state index < -0.39 is 16.8 Å². The predicted molar refractivity (Wildman–Crippen MR) is 149 cm³/mol. The quantitative estimate of drug-likeness (QED) is 0.328. The summed E-state index contributed by atoms with van der Waals surface area (Å²) in [5.74, 6) is -1.48. The third-order valence-electron chi connectivity index (χ3n) is 13.0. The molecule has 3 N–H and O–H groups in total. The monoisotopic (exact) mass is 538 g/mol. The summed E-state index contributed by atoms with van der Waals surface area (Å²) in [7, 11) is 1.69. The number of hydrogen-bond donors (Lipinski definition) is 3. The van der Waals surface area contributed by atoms with Crippen LogP contribution in [-0.4, -0.2) is 53.6 Å². The van der Waals surface area contributed by atoms with Crippen molar-refractivity contribution in [3.63, 3.8) is 0 Å². The molecule has 2 unspecified atom stereocenters. The van der Waals surface area contributed by atoms with Crippen LogP contribution in [0, 0.1) is 33.0 Å². The second-order valence-electron chi connectivity index (χ2n) is 14.7. The van der Waals surface area contributed by atoms with Crippen molar-refractivity contribution in [2.45, 2.75) is 97.9 Å². The van der Waals surface area contributed by atoms with E-state index in [1.54, 1.807) is 7.11 Å². The van der Waals surface area contributed by atoms with Crippen LogP contribution in [0.25, 0.3) is 0 Å². The first-order valence-corrected chi connectivity index (χ1v) is 14.7. The molecular weight excluding hydrogens is 492 g/mol. The minimum atomic E-state index is -1.57. The van der Waals surface area contributed by atoms with E-state index in [0.717, 1.165) is 56.1 Å². The Hall–Kier alpha value is -1.80. The highest BCUT2D eigenvalue weighted by Gasteiger charge is 2.68. The SMILES string of the molecule is COC1(C)C2=CC=C3[C@@](C)(CC[C@@]4(C)[C@@H]5C[C@](C)(C(=O)NO)CC[C@]5(C)CC[C@]34C)C2=CC2(O)OCCN=C21. The molecule has 6 rings (SSSR count). The van der Waals surface area contributed by atoms with Gasteiger partial charge in [-0.05, 0) is 91.3 Å². The molecule has 0 aromatic heterocycles. The number of nitrogens with zero attached hydrogens (tertiary/aromatic N) is 1. The van der Waals surface area contributed by atoms with Gasteiger partial charge in [0.2, 0.25) is 11.7 Å². The number of aliphatic hydroxyl groups is 1. The Balaban J connectivity index is 1.49. The lowest BCUT2D eigenvalue weighted by atomic mass is 9.34. The Morgan fingerprint density at radius 3 is 2.44 bits per heavy atom. The summed E-state index contributed by atoms with van der Waals surface area (Å²) in [4.78, 5) is 17.5. The molecule has 1 aliphatic heterocycles. The fourth-order valence-electron chi connectivity index (χ4n) is 10.0. The van der Waals surface area contributed by atoms with E-state index in [9.17, 15) is 15.1 Å². The van der Waals surface area contributed by atoms with Gasteiger partial charge in [0.1, 0.15) is 11.3 Å². The molecule has 7 nitrogen and oxygen atoms in total. The van der Waals surface area contributed by atoms with Crippen LogP contribution in [0.15, 0.2) is 39.9 Å². The van der Waals surface area contributed by atoms with E-state index in [-0.39, 0.29) is 27.6 Å². The Bertz CT molecular complexity index is 1250. The molecule has 0 aromatic rings. The minimum absolute atomic E-state index is 0.0151. The van der Waals surface area contributed by atoms with Crippen molar-refractivity contribution < 1.29 is 24.6 Å². The molecule has 214 valence electrons. The molecular formula is C32H46N2O5. The van der Waals surface area contributed by atoms with Crippen molar-refractivity contribution in [2.24, 2.45) is 38.0 Å². The maximum atomic E-state index is 12.8. The molecule has 1 heterocycles. The average Bonchev–Trinajstić information content (AvgIpc) is 2.91. The number of amides is 1. The Labute approximate surface area is 232 Å². The number of allylic oxidation sites excluding steroid dienone is 3. The van der Waals surface area contributed by atoms with Gasteiger partial charge >= 0.3 is 0 Å². The lowest BCUT2D eigenvalue weighted by Crippen LogP contribution is -2.64. The van der Waals surface area contributed by atoms with E-state index in [4.69, 9.17) is 14.5 Å². The van der Waals surface area contributed by atoms with Crippen molar-refractivity contribution in [3.05, 3.63) is 34.9 Å². The van der Waals surface area contributed by atoms with Crippen LogP contribution in [0.1, 0.15) is 86.5 Å². The maximum Gasteiger partial charge on any atom is 0.249 e. The number of carbonyl (C=O) groups excluding carboxylic acids is 1. The van der Waals surface area contributed by atoms with Gasteiger partial charge in [-0.2, -0.15) is 0 Å². The van der Waals surface area contributed by atoms with Gasteiger partial charge in [0.15, 0.2) is 0 Å². The second-order valence-corrected chi connectivity index (χ2v) is 14.7. The molecule has 3 fully saturated rings. The molecule has 7 heteroatoms. The third-order valence-corrected chi connectivity index (χ3v) is 13.0. The number of nitrogens with one attached hydrogen (secondary N) is 1. The number of hydroxylamine groups is 1. The Morgan fingerprint density at radius 1 is 1.03 bits per heavy atom. The Morgan fingerprint density at radius 2 is 1.74 bits per heavy atom. The van der Waals surface area contributed by atoms with E-state index >= 15 is 0 Å². The van der Waals surface area contributed by atoms with E-state index in [1.165, 1.54) is 5.57 Å². The highest BCUT2D eigenvalue weighted by molar-refractivity contribution is 6.05. The Kier molecular flexibility index (Phi) is 5.72. The van der Waals surface area contributed by atoms with E-state index in [2.05, 4.69) is 39.8 Å². The number of carbonyl (C=O) groups is 1. The zero-order chi connectivity index (χ0) is 28.3. The summed E-state index contributed by atoms with van der Waals surface area (Å²) in [5.41, 5.74) is 4.41. The van der Waals surface area contributed by atoms with Crippen molar-refractivity contribution in [1.82, 2.24) is 5.48 Å². The molecule has 0 saturated heterocycles.